The number of nitrogens with zero attached hydrogens (tertiary/aromatic N) is 1. The minimum Gasteiger partial charge on any atom is -0.435 e. The van der Waals surface area contributed by atoms with Crippen molar-refractivity contribution >= 4 is 17.0 Å². The van der Waals surface area contributed by atoms with Gasteiger partial charge in [-0.25, -0.2) is 4.98 Å². The molecule has 0 fully saturated rings. The first-order valence-corrected chi connectivity index (χ1v) is 6.80. The van der Waals surface area contributed by atoms with E-state index in [2.05, 4.69) is 10.3 Å². The Balaban J connectivity index is 1.94. The molecular weight excluding hydrogens is 254 g/mol. The lowest BCUT2D eigenvalue weighted by atomic mass is 10.1. The maximum absolute atomic E-state index is 11.8. The van der Waals surface area contributed by atoms with Crippen molar-refractivity contribution in [2.45, 2.75) is 32.9 Å². The van der Waals surface area contributed by atoms with Crippen molar-refractivity contribution in [3.05, 3.63) is 30.2 Å². The first kappa shape index (κ1) is 14.5. The Hall–Kier alpha value is -1.88. The van der Waals surface area contributed by atoms with Crippen molar-refractivity contribution < 1.29 is 14.1 Å². The van der Waals surface area contributed by atoms with E-state index >= 15 is 0 Å². The number of likely N-dealkylation sites (N-methyl/N-ethyl adjacent to an activating group) is 1. The standard InChI is InChI=1S/C15H21N3O2/c1-15(2,3)17-13(19)9-18(4)10-14-16-11-7-5-6-8-12(11)20-14/h5-8H,9-10H2,1-4H3,(H,17,19)/p+1. The van der Waals surface area contributed by atoms with E-state index in [9.17, 15) is 4.79 Å². The van der Waals surface area contributed by atoms with Gasteiger partial charge in [-0.1, -0.05) is 12.1 Å². The second-order valence-corrected chi connectivity index (χ2v) is 6.18. The van der Waals surface area contributed by atoms with E-state index in [1.165, 1.54) is 0 Å². The monoisotopic (exact) mass is 276 g/mol. The third-order valence-corrected chi connectivity index (χ3v) is 2.77. The van der Waals surface area contributed by atoms with Crippen LogP contribution >= 0.6 is 0 Å². The maximum Gasteiger partial charge on any atom is 0.275 e. The van der Waals surface area contributed by atoms with Gasteiger partial charge in [0.15, 0.2) is 18.7 Å². The van der Waals surface area contributed by atoms with E-state index in [1.807, 2.05) is 52.1 Å². The lowest BCUT2D eigenvalue weighted by Gasteiger charge is -2.21. The molecular formula is C15H22N3O2+. The fraction of sp³-hybridized carbons (Fsp3) is 0.467. The lowest BCUT2D eigenvalue weighted by Crippen LogP contribution is -3.09. The molecule has 0 spiro atoms. The summed E-state index contributed by atoms with van der Waals surface area (Å²) in [6, 6.07) is 7.67. The van der Waals surface area contributed by atoms with Crippen molar-refractivity contribution in [1.82, 2.24) is 10.3 Å². The summed E-state index contributed by atoms with van der Waals surface area (Å²) in [5, 5.41) is 2.95. The van der Waals surface area contributed by atoms with Crippen LogP contribution in [0.2, 0.25) is 0 Å². The van der Waals surface area contributed by atoms with Crippen LogP contribution in [-0.2, 0) is 11.3 Å². The number of quaternary nitrogens is 1. The van der Waals surface area contributed by atoms with Crippen molar-refractivity contribution in [2.24, 2.45) is 0 Å². The van der Waals surface area contributed by atoms with E-state index in [-0.39, 0.29) is 11.4 Å². The molecule has 108 valence electrons. The second kappa shape index (κ2) is 5.63. The van der Waals surface area contributed by atoms with E-state index < -0.39 is 0 Å². The van der Waals surface area contributed by atoms with Crippen molar-refractivity contribution in [3.8, 4) is 0 Å². The van der Waals surface area contributed by atoms with E-state index in [4.69, 9.17) is 4.42 Å². The van der Waals surface area contributed by atoms with Crippen LogP contribution in [0.15, 0.2) is 28.7 Å². The fourth-order valence-corrected chi connectivity index (χ4v) is 2.05. The van der Waals surface area contributed by atoms with Crippen molar-refractivity contribution in [2.75, 3.05) is 13.6 Å². The summed E-state index contributed by atoms with van der Waals surface area (Å²) in [6.45, 7) is 6.91. The normalized spacial score (nSPS) is 13.4. The van der Waals surface area contributed by atoms with Crippen LogP contribution in [0, 0.1) is 0 Å². The third kappa shape index (κ3) is 4.06. The highest BCUT2D eigenvalue weighted by atomic mass is 16.3. The Morgan fingerprint density at radius 1 is 1.35 bits per heavy atom. The average molecular weight is 276 g/mol. The Kier molecular flexibility index (Phi) is 4.09. The molecule has 1 aromatic heterocycles. The number of hydrogen-bond donors (Lipinski definition) is 2. The van der Waals surface area contributed by atoms with Gasteiger partial charge < -0.3 is 14.6 Å². The Morgan fingerprint density at radius 2 is 2.05 bits per heavy atom. The summed E-state index contributed by atoms with van der Waals surface area (Å²) in [5.74, 6) is 0.693. The Labute approximate surface area is 119 Å². The van der Waals surface area contributed by atoms with Crippen LogP contribution in [0.5, 0.6) is 0 Å². The molecule has 1 heterocycles. The average Bonchev–Trinajstić information content (AvgIpc) is 2.67. The van der Waals surface area contributed by atoms with Crippen LogP contribution in [-0.4, -0.2) is 30.0 Å². The van der Waals surface area contributed by atoms with Crippen molar-refractivity contribution in [1.29, 1.82) is 0 Å². The lowest BCUT2D eigenvalue weighted by molar-refractivity contribution is -0.886. The molecule has 0 aliphatic carbocycles. The summed E-state index contributed by atoms with van der Waals surface area (Å²) >= 11 is 0. The number of oxazole rings is 1. The van der Waals surface area contributed by atoms with Gasteiger partial charge in [0.25, 0.3) is 11.8 Å². The second-order valence-electron chi connectivity index (χ2n) is 6.18. The number of rotatable bonds is 4. The van der Waals surface area contributed by atoms with E-state index in [0.29, 0.717) is 19.0 Å². The molecule has 1 aromatic carbocycles. The number of para-hydroxylation sites is 2. The molecule has 0 aliphatic rings. The van der Waals surface area contributed by atoms with Crippen molar-refractivity contribution in [3.63, 3.8) is 0 Å². The summed E-state index contributed by atoms with van der Waals surface area (Å²) in [6.07, 6.45) is 0. The van der Waals surface area contributed by atoms with Crippen LogP contribution in [0.1, 0.15) is 26.7 Å². The van der Waals surface area contributed by atoms with Crippen LogP contribution < -0.4 is 10.2 Å². The Bertz CT molecular complexity index is 565. The number of benzene rings is 1. The zero-order chi connectivity index (χ0) is 14.8. The van der Waals surface area contributed by atoms with Gasteiger partial charge in [0.2, 0.25) is 0 Å². The molecule has 1 atom stereocenters. The van der Waals surface area contributed by atoms with E-state index in [1.54, 1.807) is 0 Å². The summed E-state index contributed by atoms with van der Waals surface area (Å²) in [7, 11) is 1.96. The molecule has 2 rings (SSSR count). The van der Waals surface area contributed by atoms with Crippen LogP contribution in [0.4, 0.5) is 0 Å². The first-order valence-electron chi connectivity index (χ1n) is 6.80. The largest absolute Gasteiger partial charge is 0.435 e. The predicted octanol–water partition coefficient (Wildman–Crippen LogP) is 0.757. The SMILES string of the molecule is C[NH+](CC(=O)NC(C)(C)C)Cc1nc2ccccc2o1. The fourth-order valence-electron chi connectivity index (χ4n) is 2.05. The molecule has 1 amide bonds. The van der Waals surface area contributed by atoms with Gasteiger partial charge in [0.1, 0.15) is 5.52 Å². The Morgan fingerprint density at radius 3 is 2.70 bits per heavy atom. The van der Waals surface area contributed by atoms with Gasteiger partial charge in [0, 0.05) is 5.54 Å². The molecule has 1 unspecified atom stereocenters. The van der Waals surface area contributed by atoms with Gasteiger partial charge in [-0.15, -0.1) is 0 Å². The molecule has 5 heteroatoms. The highest BCUT2D eigenvalue weighted by molar-refractivity contribution is 5.77. The predicted molar refractivity (Wildman–Crippen MR) is 77.4 cm³/mol. The van der Waals surface area contributed by atoms with Gasteiger partial charge in [0.05, 0.1) is 7.05 Å². The number of fused-ring (bicyclic) bond motifs is 1. The number of hydrogen-bond acceptors (Lipinski definition) is 3. The number of carbonyl (C=O) groups excluding carboxylic acids is 1. The van der Waals surface area contributed by atoms with Gasteiger partial charge in [-0.2, -0.15) is 0 Å². The molecule has 0 saturated heterocycles. The summed E-state index contributed by atoms with van der Waals surface area (Å²) in [4.78, 5) is 17.3. The number of carbonyl (C=O) groups is 1. The highest BCUT2D eigenvalue weighted by Gasteiger charge is 2.18. The first-order chi connectivity index (χ1) is 9.33. The zero-order valence-corrected chi connectivity index (χ0v) is 12.5. The summed E-state index contributed by atoms with van der Waals surface area (Å²) < 4.78 is 5.66. The van der Waals surface area contributed by atoms with Crippen LogP contribution in [0.25, 0.3) is 11.1 Å². The number of amides is 1. The third-order valence-electron chi connectivity index (χ3n) is 2.77. The molecule has 5 nitrogen and oxygen atoms in total. The molecule has 2 N–H and O–H groups in total. The molecule has 0 aliphatic heterocycles. The minimum atomic E-state index is -0.199. The van der Waals surface area contributed by atoms with Crippen LogP contribution in [0.3, 0.4) is 0 Å². The van der Waals surface area contributed by atoms with Gasteiger partial charge in [-0.3, -0.25) is 4.79 Å². The summed E-state index contributed by atoms with van der Waals surface area (Å²) in [5.41, 5.74) is 1.44. The molecule has 20 heavy (non-hydrogen) atoms. The number of aromatic nitrogens is 1. The molecule has 0 saturated carbocycles. The minimum absolute atomic E-state index is 0.0334. The van der Waals surface area contributed by atoms with Gasteiger partial charge >= 0.3 is 0 Å². The smallest absolute Gasteiger partial charge is 0.275 e. The molecule has 2 aromatic rings. The quantitative estimate of drug-likeness (QED) is 0.866. The van der Waals surface area contributed by atoms with E-state index in [0.717, 1.165) is 16.0 Å². The highest BCUT2D eigenvalue weighted by Crippen LogP contribution is 2.13. The zero-order valence-electron chi connectivity index (χ0n) is 12.5. The van der Waals surface area contributed by atoms with Gasteiger partial charge in [-0.05, 0) is 32.9 Å². The molecule has 0 bridgehead atoms. The molecule has 0 radical (unpaired) electrons. The number of nitrogens with one attached hydrogen (secondary N) is 2. The maximum atomic E-state index is 11.8. The topological polar surface area (TPSA) is 59.6 Å².